The SMILES string of the molecule is O=C(CN1C(=O)CCC1=O)Nc1ccc(-c2nc3ccccc3[nH]2)cc1. The number of H-pyrrole nitrogens is 1. The molecule has 130 valence electrons. The zero-order valence-electron chi connectivity index (χ0n) is 13.9. The fourth-order valence-electron chi connectivity index (χ4n) is 2.94. The van der Waals surface area contributed by atoms with Crippen molar-refractivity contribution in [1.82, 2.24) is 14.9 Å². The van der Waals surface area contributed by atoms with Crippen LogP contribution < -0.4 is 5.32 Å². The number of imidazole rings is 1. The second-order valence-corrected chi connectivity index (χ2v) is 6.10. The highest BCUT2D eigenvalue weighted by Crippen LogP contribution is 2.22. The fourth-order valence-corrected chi connectivity index (χ4v) is 2.94. The predicted octanol–water partition coefficient (Wildman–Crippen LogP) is 2.32. The van der Waals surface area contributed by atoms with Crippen molar-refractivity contribution in [2.75, 3.05) is 11.9 Å². The lowest BCUT2D eigenvalue weighted by Gasteiger charge is -2.13. The number of benzene rings is 2. The summed E-state index contributed by atoms with van der Waals surface area (Å²) >= 11 is 0. The molecule has 0 saturated carbocycles. The first-order chi connectivity index (χ1) is 12.6. The second-order valence-electron chi connectivity index (χ2n) is 6.10. The molecule has 1 aliphatic heterocycles. The Bertz CT molecular complexity index is 958. The number of hydrogen-bond acceptors (Lipinski definition) is 4. The van der Waals surface area contributed by atoms with Gasteiger partial charge in [0.05, 0.1) is 11.0 Å². The first-order valence-corrected chi connectivity index (χ1v) is 8.28. The second kappa shape index (κ2) is 6.44. The van der Waals surface area contributed by atoms with Crippen LogP contribution in [0.3, 0.4) is 0 Å². The molecule has 2 heterocycles. The maximum atomic E-state index is 12.1. The molecule has 0 unspecified atom stereocenters. The van der Waals surface area contributed by atoms with Crippen molar-refractivity contribution < 1.29 is 14.4 Å². The van der Waals surface area contributed by atoms with E-state index in [2.05, 4.69) is 15.3 Å². The van der Waals surface area contributed by atoms with E-state index in [-0.39, 0.29) is 31.2 Å². The molecule has 1 aliphatic rings. The van der Waals surface area contributed by atoms with Crippen LogP contribution in [-0.4, -0.2) is 39.1 Å². The molecule has 1 saturated heterocycles. The van der Waals surface area contributed by atoms with Gasteiger partial charge in [-0.15, -0.1) is 0 Å². The van der Waals surface area contributed by atoms with Crippen LogP contribution in [0.1, 0.15) is 12.8 Å². The van der Waals surface area contributed by atoms with Crippen molar-refractivity contribution in [2.45, 2.75) is 12.8 Å². The summed E-state index contributed by atoms with van der Waals surface area (Å²) in [5, 5.41) is 2.70. The number of nitrogens with one attached hydrogen (secondary N) is 2. The van der Waals surface area contributed by atoms with E-state index in [1.54, 1.807) is 12.1 Å². The zero-order valence-corrected chi connectivity index (χ0v) is 13.9. The number of nitrogens with zero attached hydrogens (tertiary/aromatic N) is 2. The van der Waals surface area contributed by atoms with Crippen molar-refractivity contribution in [3.05, 3.63) is 48.5 Å². The van der Waals surface area contributed by atoms with Crippen LogP contribution in [0.4, 0.5) is 5.69 Å². The van der Waals surface area contributed by atoms with E-state index in [0.29, 0.717) is 5.69 Å². The Hall–Kier alpha value is -3.48. The highest BCUT2D eigenvalue weighted by molar-refractivity contribution is 6.06. The third kappa shape index (κ3) is 3.06. The number of rotatable bonds is 4. The van der Waals surface area contributed by atoms with Crippen LogP contribution in [0.2, 0.25) is 0 Å². The lowest BCUT2D eigenvalue weighted by molar-refractivity contribution is -0.141. The summed E-state index contributed by atoms with van der Waals surface area (Å²) in [7, 11) is 0. The molecule has 2 aromatic carbocycles. The van der Waals surface area contributed by atoms with Gasteiger partial charge in [0.15, 0.2) is 0 Å². The van der Waals surface area contributed by atoms with Gasteiger partial charge in [-0.05, 0) is 36.4 Å². The van der Waals surface area contributed by atoms with Crippen molar-refractivity contribution in [1.29, 1.82) is 0 Å². The molecule has 4 rings (SSSR count). The molecule has 2 N–H and O–H groups in total. The number of para-hydroxylation sites is 2. The number of hydrogen-bond donors (Lipinski definition) is 2. The summed E-state index contributed by atoms with van der Waals surface area (Å²) in [6.07, 6.45) is 0.358. The summed E-state index contributed by atoms with van der Waals surface area (Å²) in [5.41, 5.74) is 3.33. The maximum absolute atomic E-state index is 12.1. The topological polar surface area (TPSA) is 95.2 Å². The normalized spacial score (nSPS) is 14.2. The molecule has 0 bridgehead atoms. The molecule has 7 heteroatoms. The van der Waals surface area contributed by atoms with E-state index in [1.165, 1.54) is 0 Å². The summed E-state index contributed by atoms with van der Waals surface area (Å²) < 4.78 is 0. The number of likely N-dealkylation sites (tertiary alicyclic amines) is 1. The Morgan fingerprint density at radius 2 is 1.73 bits per heavy atom. The van der Waals surface area contributed by atoms with Crippen molar-refractivity contribution in [2.24, 2.45) is 0 Å². The van der Waals surface area contributed by atoms with Crippen LogP contribution in [0.25, 0.3) is 22.4 Å². The standard InChI is InChI=1S/C19H16N4O3/c24-16(11-23-17(25)9-10-18(23)26)20-13-7-5-12(6-8-13)19-21-14-3-1-2-4-15(14)22-19/h1-8H,9-11H2,(H,20,24)(H,21,22). The summed E-state index contributed by atoms with van der Waals surface area (Å²) in [6, 6.07) is 15.0. The molecule has 0 atom stereocenters. The van der Waals surface area contributed by atoms with Gasteiger partial charge in [0.2, 0.25) is 17.7 Å². The number of amides is 3. The average molecular weight is 348 g/mol. The molecule has 1 aromatic heterocycles. The van der Waals surface area contributed by atoms with E-state index in [9.17, 15) is 14.4 Å². The molecule has 3 aromatic rings. The van der Waals surface area contributed by atoms with Gasteiger partial charge in [0, 0.05) is 24.1 Å². The summed E-state index contributed by atoms with van der Waals surface area (Å²) in [5.74, 6) is -0.252. The largest absolute Gasteiger partial charge is 0.338 e. The lowest BCUT2D eigenvalue weighted by Crippen LogP contribution is -2.36. The molecule has 7 nitrogen and oxygen atoms in total. The first kappa shape index (κ1) is 16.0. The van der Waals surface area contributed by atoms with E-state index in [4.69, 9.17) is 0 Å². The summed E-state index contributed by atoms with van der Waals surface area (Å²) in [4.78, 5) is 44.0. The van der Waals surface area contributed by atoms with Gasteiger partial charge in [-0.1, -0.05) is 12.1 Å². The van der Waals surface area contributed by atoms with Crippen LogP contribution in [-0.2, 0) is 14.4 Å². The Morgan fingerprint density at radius 1 is 1.04 bits per heavy atom. The van der Waals surface area contributed by atoms with Crippen molar-refractivity contribution >= 4 is 34.4 Å². The van der Waals surface area contributed by atoms with Crippen LogP contribution in [0.5, 0.6) is 0 Å². The number of aromatic amines is 1. The molecule has 0 spiro atoms. The Morgan fingerprint density at radius 3 is 2.42 bits per heavy atom. The molecule has 0 radical (unpaired) electrons. The van der Waals surface area contributed by atoms with Gasteiger partial charge in [-0.25, -0.2) is 4.98 Å². The lowest BCUT2D eigenvalue weighted by atomic mass is 10.2. The minimum atomic E-state index is -0.398. The monoisotopic (exact) mass is 348 g/mol. The number of imide groups is 1. The number of aromatic nitrogens is 2. The minimum absolute atomic E-state index is 0.179. The molecule has 26 heavy (non-hydrogen) atoms. The molecule has 0 aliphatic carbocycles. The third-order valence-corrected chi connectivity index (χ3v) is 4.29. The van der Waals surface area contributed by atoms with E-state index in [0.717, 1.165) is 27.3 Å². The van der Waals surface area contributed by atoms with E-state index < -0.39 is 5.91 Å². The maximum Gasteiger partial charge on any atom is 0.244 e. The van der Waals surface area contributed by atoms with Crippen LogP contribution in [0.15, 0.2) is 48.5 Å². The minimum Gasteiger partial charge on any atom is -0.338 e. The smallest absolute Gasteiger partial charge is 0.244 e. The molecule has 1 fully saturated rings. The van der Waals surface area contributed by atoms with Gasteiger partial charge in [-0.3, -0.25) is 19.3 Å². The predicted molar refractivity (Wildman–Crippen MR) is 96.1 cm³/mol. The molecular formula is C19H16N4O3. The Balaban J connectivity index is 1.45. The van der Waals surface area contributed by atoms with Gasteiger partial charge < -0.3 is 10.3 Å². The average Bonchev–Trinajstić information content (AvgIpc) is 3.21. The number of anilines is 1. The number of carbonyl (C=O) groups excluding carboxylic acids is 3. The van der Waals surface area contributed by atoms with Crippen LogP contribution in [0, 0.1) is 0 Å². The molecule has 3 amide bonds. The highest BCUT2D eigenvalue weighted by Gasteiger charge is 2.30. The van der Waals surface area contributed by atoms with Crippen molar-refractivity contribution in [3.8, 4) is 11.4 Å². The molecular weight excluding hydrogens is 332 g/mol. The summed E-state index contributed by atoms with van der Waals surface area (Å²) in [6.45, 7) is -0.247. The first-order valence-electron chi connectivity index (χ1n) is 8.28. The quantitative estimate of drug-likeness (QED) is 0.707. The highest BCUT2D eigenvalue weighted by atomic mass is 16.2. The van der Waals surface area contributed by atoms with E-state index >= 15 is 0 Å². The van der Waals surface area contributed by atoms with Crippen LogP contribution >= 0.6 is 0 Å². The number of carbonyl (C=O) groups is 3. The van der Waals surface area contributed by atoms with Gasteiger partial charge in [0.25, 0.3) is 0 Å². The Labute approximate surface area is 149 Å². The van der Waals surface area contributed by atoms with Gasteiger partial charge >= 0.3 is 0 Å². The van der Waals surface area contributed by atoms with Gasteiger partial charge in [0.1, 0.15) is 12.4 Å². The van der Waals surface area contributed by atoms with Crippen molar-refractivity contribution in [3.63, 3.8) is 0 Å². The number of fused-ring (bicyclic) bond motifs is 1. The zero-order chi connectivity index (χ0) is 18.1. The third-order valence-electron chi connectivity index (χ3n) is 4.29. The Kier molecular flexibility index (Phi) is 3.96. The fraction of sp³-hybridized carbons (Fsp3) is 0.158. The van der Waals surface area contributed by atoms with E-state index in [1.807, 2.05) is 36.4 Å². The van der Waals surface area contributed by atoms with Gasteiger partial charge in [-0.2, -0.15) is 0 Å².